The zero-order chi connectivity index (χ0) is 17.3. The van der Waals surface area contributed by atoms with E-state index in [-0.39, 0.29) is 25.7 Å². The van der Waals surface area contributed by atoms with Crippen molar-refractivity contribution in [3.8, 4) is 11.5 Å². The summed E-state index contributed by atoms with van der Waals surface area (Å²) in [5.74, 6) is 1.26. The largest absolute Gasteiger partial charge is 0.507 e. The summed E-state index contributed by atoms with van der Waals surface area (Å²) in [7, 11) is 0. The molecule has 0 saturated heterocycles. The van der Waals surface area contributed by atoms with Crippen molar-refractivity contribution in [3.63, 3.8) is 0 Å². The van der Waals surface area contributed by atoms with Crippen molar-refractivity contribution in [1.82, 2.24) is 4.90 Å². The maximum atomic E-state index is 12.7. The summed E-state index contributed by atoms with van der Waals surface area (Å²) in [4.78, 5) is 25.1. The number of amides is 1. The highest BCUT2D eigenvalue weighted by Gasteiger charge is 2.36. The van der Waals surface area contributed by atoms with Crippen LogP contribution >= 0.6 is 25.3 Å². The minimum atomic E-state index is -1.42. The maximum Gasteiger partial charge on any atom is 0.507 e. The number of ether oxygens (including phenoxy) is 3. The second kappa shape index (κ2) is 7.02. The lowest BCUT2D eigenvalue weighted by Gasteiger charge is -2.37. The van der Waals surface area contributed by atoms with Crippen LogP contribution < -0.4 is 9.47 Å². The summed E-state index contributed by atoms with van der Waals surface area (Å²) in [5.41, 5.74) is 1.76. The fourth-order valence-corrected chi connectivity index (χ4v) is 3.61. The molecule has 2 aliphatic rings. The Hall–Kier alpha value is -1.74. The molecular weight excluding hydrogens is 354 g/mol. The highest BCUT2D eigenvalue weighted by Crippen LogP contribution is 2.38. The van der Waals surface area contributed by atoms with Crippen molar-refractivity contribution in [1.29, 1.82) is 0 Å². The topological polar surface area (TPSA) is 85.3 Å². The first kappa shape index (κ1) is 17.1. The normalized spacial score (nSPS) is 18.5. The Kier molecular flexibility index (Phi) is 5.00. The molecular formula is C15H17NO6S2. The van der Waals surface area contributed by atoms with Gasteiger partial charge in [0.1, 0.15) is 0 Å². The Morgan fingerprint density at radius 2 is 1.88 bits per heavy atom. The quantitative estimate of drug-likeness (QED) is 0.553. The standard InChI is InChI=1S/C15H17NO6S2/c17-14(10(5-23)6-24)16-4-9-2-12-11(20-7-21-12)1-8(9)3-13(16)22-15(18)19/h1-2,10,13,23-24H,3-7H2,(H,18,19). The molecule has 1 N–H and O–H groups in total. The third-order valence-corrected chi connectivity index (χ3v) is 4.97. The first-order valence-corrected chi connectivity index (χ1v) is 8.63. The molecule has 1 unspecified atom stereocenters. The van der Waals surface area contributed by atoms with E-state index in [2.05, 4.69) is 25.3 Å². The van der Waals surface area contributed by atoms with Crippen molar-refractivity contribution >= 4 is 37.3 Å². The molecule has 1 aromatic carbocycles. The molecule has 0 aromatic heterocycles. The second-order valence-corrected chi connectivity index (χ2v) is 6.28. The van der Waals surface area contributed by atoms with Crippen molar-refractivity contribution < 1.29 is 28.9 Å². The molecule has 7 nitrogen and oxygen atoms in total. The van der Waals surface area contributed by atoms with Crippen LogP contribution in [0.2, 0.25) is 0 Å². The van der Waals surface area contributed by atoms with E-state index in [0.717, 1.165) is 11.1 Å². The lowest BCUT2D eigenvalue weighted by molar-refractivity contribution is -0.147. The number of nitrogens with zero attached hydrogens (tertiary/aromatic N) is 1. The van der Waals surface area contributed by atoms with Gasteiger partial charge in [0.25, 0.3) is 0 Å². The van der Waals surface area contributed by atoms with Crippen molar-refractivity contribution in [2.24, 2.45) is 5.92 Å². The fourth-order valence-electron chi connectivity index (χ4n) is 2.84. The van der Waals surface area contributed by atoms with Gasteiger partial charge in [-0.1, -0.05) is 0 Å². The lowest BCUT2D eigenvalue weighted by Crippen LogP contribution is -2.49. The number of hydrogen-bond acceptors (Lipinski definition) is 7. The summed E-state index contributed by atoms with van der Waals surface area (Å²) in [5, 5.41) is 8.99. The van der Waals surface area contributed by atoms with E-state index in [0.29, 0.717) is 23.0 Å². The predicted octanol–water partition coefficient (Wildman–Crippen LogP) is 1.80. The number of fused-ring (bicyclic) bond motifs is 2. The van der Waals surface area contributed by atoms with Crippen molar-refractivity contribution in [3.05, 3.63) is 23.3 Å². The van der Waals surface area contributed by atoms with Gasteiger partial charge in [-0.25, -0.2) is 4.79 Å². The van der Waals surface area contributed by atoms with E-state index in [4.69, 9.17) is 19.3 Å². The molecule has 0 saturated carbocycles. The molecule has 3 rings (SSSR count). The summed E-state index contributed by atoms with van der Waals surface area (Å²) < 4.78 is 15.7. The van der Waals surface area contributed by atoms with E-state index in [1.54, 1.807) is 0 Å². The molecule has 2 heterocycles. The Morgan fingerprint density at radius 1 is 1.25 bits per heavy atom. The molecule has 0 bridgehead atoms. The molecule has 9 heteroatoms. The number of rotatable bonds is 4. The first-order chi connectivity index (χ1) is 11.5. The van der Waals surface area contributed by atoms with Gasteiger partial charge in [0, 0.05) is 24.5 Å². The minimum absolute atomic E-state index is 0.150. The number of benzene rings is 1. The fraction of sp³-hybridized carbons (Fsp3) is 0.467. The number of thiol groups is 2. The highest BCUT2D eigenvalue weighted by molar-refractivity contribution is 7.81. The molecule has 0 radical (unpaired) electrons. The van der Waals surface area contributed by atoms with Gasteiger partial charge in [-0.05, 0) is 23.3 Å². The molecule has 2 aliphatic heterocycles. The van der Waals surface area contributed by atoms with Crippen LogP contribution in [-0.4, -0.2) is 46.6 Å². The summed E-state index contributed by atoms with van der Waals surface area (Å²) in [6.45, 7) is 0.387. The Morgan fingerprint density at radius 3 is 2.46 bits per heavy atom. The van der Waals surface area contributed by atoms with E-state index < -0.39 is 18.3 Å². The van der Waals surface area contributed by atoms with E-state index in [9.17, 15) is 9.59 Å². The van der Waals surface area contributed by atoms with Crippen molar-refractivity contribution in [2.75, 3.05) is 18.3 Å². The Bertz CT molecular complexity index is 664. The monoisotopic (exact) mass is 371 g/mol. The van der Waals surface area contributed by atoms with Crippen LogP contribution in [-0.2, 0) is 22.5 Å². The summed E-state index contributed by atoms with van der Waals surface area (Å²) in [6.07, 6.45) is -2.05. The van der Waals surface area contributed by atoms with Crippen LogP contribution in [0.25, 0.3) is 0 Å². The molecule has 1 aromatic rings. The molecule has 1 amide bonds. The van der Waals surface area contributed by atoms with Gasteiger partial charge < -0.3 is 24.2 Å². The van der Waals surface area contributed by atoms with Crippen LogP contribution in [0.4, 0.5) is 4.79 Å². The smallest absolute Gasteiger partial charge is 0.454 e. The summed E-state index contributed by atoms with van der Waals surface area (Å²) in [6, 6.07) is 3.64. The average molecular weight is 371 g/mol. The maximum absolute atomic E-state index is 12.7. The Balaban J connectivity index is 1.92. The van der Waals surface area contributed by atoms with E-state index >= 15 is 0 Å². The molecule has 1 atom stereocenters. The number of hydrogen-bond donors (Lipinski definition) is 3. The van der Waals surface area contributed by atoms with E-state index in [1.807, 2.05) is 12.1 Å². The average Bonchev–Trinajstić information content (AvgIpc) is 2.99. The molecule has 0 aliphatic carbocycles. The van der Waals surface area contributed by atoms with Crippen molar-refractivity contribution in [2.45, 2.75) is 19.2 Å². The first-order valence-electron chi connectivity index (χ1n) is 7.36. The summed E-state index contributed by atoms with van der Waals surface area (Å²) >= 11 is 8.35. The zero-order valence-electron chi connectivity index (χ0n) is 12.7. The SMILES string of the molecule is O=C(O)OC1Cc2cc3c(cc2CN1C(=O)C(CS)CS)OCO3. The third kappa shape index (κ3) is 3.23. The van der Waals surface area contributed by atoms with Crippen LogP contribution in [0, 0.1) is 5.92 Å². The van der Waals surface area contributed by atoms with Gasteiger partial charge in [-0.3, -0.25) is 4.79 Å². The second-order valence-electron chi connectivity index (χ2n) is 5.54. The minimum Gasteiger partial charge on any atom is -0.454 e. The van der Waals surface area contributed by atoms with Crippen LogP contribution in [0.5, 0.6) is 11.5 Å². The lowest BCUT2D eigenvalue weighted by atomic mass is 9.96. The molecule has 24 heavy (non-hydrogen) atoms. The van der Waals surface area contributed by atoms with Gasteiger partial charge in [0.2, 0.25) is 12.7 Å². The number of carboxylic acid groups (broad SMARTS) is 1. The Labute approximate surface area is 149 Å². The zero-order valence-corrected chi connectivity index (χ0v) is 14.5. The van der Waals surface area contributed by atoms with Gasteiger partial charge >= 0.3 is 6.16 Å². The molecule has 130 valence electrons. The number of carbonyl (C=O) groups is 2. The predicted molar refractivity (Wildman–Crippen MR) is 90.9 cm³/mol. The third-order valence-electron chi connectivity index (χ3n) is 4.09. The number of carbonyl (C=O) groups excluding carboxylic acids is 1. The highest BCUT2D eigenvalue weighted by atomic mass is 32.1. The van der Waals surface area contributed by atoms with Gasteiger partial charge in [-0.15, -0.1) is 0 Å². The van der Waals surface area contributed by atoms with Crippen LogP contribution in [0.15, 0.2) is 12.1 Å². The van der Waals surface area contributed by atoms with E-state index in [1.165, 1.54) is 4.90 Å². The van der Waals surface area contributed by atoms with Gasteiger partial charge in [-0.2, -0.15) is 25.3 Å². The van der Waals surface area contributed by atoms with Crippen LogP contribution in [0.3, 0.4) is 0 Å². The van der Waals surface area contributed by atoms with Gasteiger partial charge in [0.05, 0.1) is 5.92 Å². The van der Waals surface area contributed by atoms with Gasteiger partial charge in [0.15, 0.2) is 17.7 Å². The molecule has 0 fully saturated rings. The molecule has 0 spiro atoms. The van der Waals surface area contributed by atoms with Crippen LogP contribution in [0.1, 0.15) is 11.1 Å².